The lowest BCUT2D eigenvalue weighted by molar-refractivity contribution is -0.139. The largest absolute Gasteiger partial charge is 0.499 e. The molecular formula is C12H20O4. The van der Waals surface area contributed by atoms with Gasteiger partial charge in [-0.05, 0) is 19.8 Å². The number of carbonyl (C=O) groups excluding carboxylic acids is 1. The molecule has 0 rings (SSSR count). The van der Waals surface area contributed by atoms with Crippen LogP contribution in [-0.4, -0.2) is 32.4 Å². The first kappa shape index (κ1) is 14.7. The van der Waals surface area contributed by atoms with Gasteiger partial charge in [-0.3, -0.25) is 0 Å². The topological polar surface area (TPSA) is 44.8 Å². The standard InChI is InChI=1S/C12H20O4/c1-4-14-9-10-15-7-5-6-8-16-12(13)11(2)3/h4H,1-2,5-10H2,3H3. The summed E-state index contributed by atoms with van der Waals surface area (Å²) >= 11 is 0. The zero-order valence-corrected chi connectivity index (χ0v) is 9.87. The number of esters is 1. The molecule has 0 aromatic heterocycles. The van der Waals surface area contributed by atoms with Crippen LogP contribution < -0.4 is 0 Å². The first-order valence-electron chi connectivity index (χ1n) is 5.31. The van der Waals surface area contributed by atoms with Crippen LogP contribution in [0.4, 0.5) is 0 Å². The lowest BCUT2D eigenvalue weighted by atomic mass is 10.3. The first-order chi connectivity index (χ1) is 7.68. The van der Waals surface area contributed by atoms with Crippen molar-refractivity contribution < 1.29 is 19.0 Å². The third-order valence-electron chi connectivity index (χ3n) is 1.73. The van der Waals surface area contributed by atoms with Crippen LogP contribution in [0.5, 0.6) is 0 Å². The van der Waals surface area contributed by atoms with Gasteiger partial charge in [0, 0.05) is 12.2 Å². The number of ether oxygens (including phenoxy) is 3. The fraction of sp³-hybridized carbons (Fsp3) is 0.583. The van der Waals surface area contributed by atoms with Crippen LogP contribution in [0.2, 0.25) is 0 Å². The number of hydrogen-bond acceptors (Lipinski definition) is 4. The molecule has 0 bridgehead atoms. The zero-order chi connectivity index (χ0) is 12.2. The van der Waals surface area contributed by atoms with Gasteiger partial charge in [-0.25, -0.2) is 4.79 Å². The summed E-state index contributed by atoms with van der Waals surface area (Å²) in [5.41, 5.74) is 0.429. The Morgan fingerprint density at radius 1 is 1.19 bits per heavy atom. The molecule has 4 heteroatoms. The third kappa shape index (κ3) is 9.27. The molecule has 0 aliphatic carbocycles. The van der Waals surface area contributed by atoms with Gasteiger partial charge >= 0.3 is 5.97 Å². The van der Waals surface area contributed by atoms with Crippen molar-refractivity contribution in [3.63, 3.8) is 0 Å². The van der Waals surface area contributed by atoms with Crippen molar-refractivity contribution in [2.75, 3.05) is 26.4 Å². The van der Waals surface area contributed by atoms with E-state index in [-0.39, 0.29) is 5.97 Å². The molecule has 0 aliphatic rings. The van der Waals surface area contributed by atoms with Crippen LogP contribution in [0.1, 0.15) is 19.8 Å². The Kier molecular flexibility index (Phi) is 9.41. The third-order valence-corrected chi connectivity index (χ3v) is 1.73. The van der Waals surface area contributed by atoms with Crippen molar-refractivity contribution in [1.29, 1.82) is 0 Å². The Bertz CT molecular complexity index is 223. The van der Waals surface area contributed by atoms with E-state index in [9.17, 15) is 4.79 Å². The minimum Gasteiger partial charge on any atom is -0.499 e. The van der Waals surface area contributed by atoms with Gasteiger partial charge in [-0.15, -0.1) is 0 Å². The van der Waals surface area contributed by atoms with Crippen molar-refractivity contribution >= 4 is 5.97 Å². The number of hydrogen-bond donors (Lipinski definition) is 0. The zero-order valence-electron chi connectivity index (χ0n) is 9.87. The predicted molar refractivity (Wildman–Crippen MR) is 62.0 cm³/mol. The summed E-state index contributed by atoms with van der Waals surface area (Å²) in [5, 5.41) is 0. The Balaban J connectivity index is 3.12. The SMILES string of the molecule is C=COCCOCCCCOC(=O)C(=C)C. The summed E-state index contributed by atoms with van der Waals surface area (Å²) in [6.07, 6.45) is 3.04. The summed E-state index contributed by atoms with van der Waals surface area (Å²) in [5.74, 6) is -0.333. The van der Waals surface area contributed by atoms with Gasteiger partial charge in [-0.1, -0.05) is 13.2 Å². The fourth-order valence-corrected chi connectivity index (χ4v) is 0.887. The van der Waals surface area contributed by atoms with E-state index in [1.54, 1.807) is 6.92 Å². The molecule has 92 valence electrons. The second-order valence-electron chi connectivity index (χ2n) is 3.27. The maximum Gasteiger partial charge on any atom is 0.333 e. The van der Waals surface area contributed by atoms with Gasteiger partial charge in [0.25, 0.3) is 0 Å². The smallest absolute Gasteiger partial charge is 0.333 e. The highest BCUT2D eigenvalue weighted by Crippen LogP contribution is 1.96. The van der Waals surface area contributed by atoms with E-state index in [0.717, 1.165) is 12.8 Å². The molecule has 0 radical (unpaired) electrons. The van der Waals surface area contributed by atoms with Gasteiger partial charge in [0.1, 0.15) is 6.61 Å². The van der Waals surface area contributed by atoms with Gasteiger partial charge in [0.05, 0.1) is 19.5 Å². The average Bonchev–Trinajstić information content (AvgIpc) is 2.26. The molecule has 0 heterocycles. The van der Waals surface area contributed by atoms with Crippen LogP contribution >= 0.6 is 0 Å². The van der Waals surface area contributed by atoms with Crippen LogP contribution in [0, 0.1) is 0 Å². The summed E-state index contributed by atoms with van der Waals surface area (Å²) < 4.78 is 15.1. The normalized spacial score (nSPS) is 9.56. The van der Waals surface area contributed by atoms with E-state index >= 15 is 0 Å². The summed E-state index contributed by atoms with van der Waals surface area (Å²) in [6, 6.07) is 0. The van der Waals surface area contributed by atoms with Crippen LogP contribution in [0.15, 0.2) is 25.0 Å². The van der Waals surface area contributed by atoms with Crippen molar-refractivity contribution in [3.8, 4) is 0 Å². The van der Waals surface area contributed by atoms with E-state index in [0.29, 0.717) is 32.0 Å². The first-order valence-corrected chi connectivity index (χ1v) is 5.31. The van der Waals surface area contributed by atoms with E-state index in [1.165, 1.54) is 6.26 Å². The second-order valence-corrected chi connectivity index (χ2v) is 3.27. The summed E-state index contributed by atoms with van der Waals surface area (Å²) in [4.78, 5) is 11.0. The van der Waals surface area contributed by atoms with Gasteiger partial charge in [0.15, 0.2) is 0 Å². The van der Waals surface area contributed by atoms with Gasteiger partial charge in [-0.2, -0.15) is 0 Å². The van der Waals surface area contributed by atoms with E-state index in [2.05, 4.69) is 13.2 Å². The lowest BCUT2D eigenvalue weighted by Crippen LogP contribution is -2.07. The molecular weight excluding hydrogens is 208 g/mol. The fourth-order valence-electron chi connectivity index (χ4n) is 0.887. The molecule has 0 aromatic rings. The molecule has 0 amide bonds. The molecule has 16 heavy (non-hydrogen) atoms. The molecule has 4 nitrogen and oxygen atoms in total. The molecule has 0 spiro atoms. The molecule has 0 aliphatic heterocycles. The number of rotatable bonds is 10. The highest BCUT2D eigenvalue weighted by Gasteiger charge is 2.01. The monoisotopic (exact) mass is 228 g/mol. The van der Waals surface area contributed by atoms with Crippen molar-refractivity contribution in [1.82, 2.24) is 0 Å². The molecule has 0 fully saturated rings. The Morgan fingerprint density at radius 3 is 2.50 bits per heavy atom. The Hall–Kier alpha value is -1.29. The highest BCUT2D eigenvalue weighted by molar-refractivity contribution is 5.86. The molecule has 0 N–H and O–H groups in total. The van der Waals surface area contributed by atoms with Crippen LogP contribution in [0.3, 0.4) is 0 Å². The number of unbranched alkanes of at least 4 members (excludes halogenated alkanes) is 1. The highest BCUT2D eigenvalue weighted by atomic mass is 16.5. The van der Waals surface area contributed by atoms with Crippen LogP contribution in [-0.2, 0) is 19.0 Å². The summed E-state index contributed by atoms with van der Waals surface area (Å²) in [6.45, 7) is 10.7. The average molecular weight is 228 g/mol. The quantitative estimate of drug-likeness (QED) is 0.248. The molecule has 0 saturated carbocycles. The van der Waals surface area contributed by atoms with Gasteiger partial charge < -0.3 is 14.2 Å². The van der Waals surface area contributed by atoms with E-state index < -0.39 is 0 Å². The second kappa shape index (κ2) is 10.2. The lowest BCUT2D eigenvalue weighted by Gasteiger charge is -2.05. The van der Waals surface area contributed by atoms with Gasteiger partial charge in [0.2, 0.25) is 0 Å². The Labute approximate surface area is 96.9 Å². The van der Waals surface area contributed by atoms with E-state index in [4.69, 9.17) is 14.2 Å². The van der Waals surface area contributed by atoms with Crippen molar-refractivity contribution in [2.24, 2.45) is 0 Å². The van der Waals surface area contributed by atoms with Crippen LogP contribution in [0.25, 0.3) is 0 Å². The van der Waals surface area contributed by atoms with E-state index in [1.807, 2.05) is 0 Å². The summed E-state index contributed by atoms with van der Waals surface area (Å²) in [7, 11) is 0. The maximum atomic E-state index is 11.0. The minimum atomic E-state index is -0.333. The minimum absolute atomic E-state index is 0.333. The molecule has 0 unspecified atom stereocenters. The maximum absolute atomic E-state index is 11.0. The number of carbonyl (C=O) groups is 1. The predicted octanol–water partition coefficient (Wildman–Crippen LogP) is 2.06. The Morgan fingerprint density at radius 2 is 1.88 bits per heavy atom. The molecule has 0 saturated heterocycles. The molecule has 0 atom stereocenters. The van der Waals surface area contributed by atoms with Crippen molar-refractivity contribution in [2.45, 2.75) is 19.8 Å². The van der Waals surface area contributed by atoms with Crippen molar-refractivity contribution in [3.05, 3.63) is 25.0 Å². The molecule has 0 aromatic carbocycles.